The number of aliphatic hydroxyl groups excluding tert-OH is 1. The first-order chi connectivity index (χ1) is 13.2. The van der Waals surface area contributed by atoms with Crippen molar-refractivity contribution in [2.75, 3.05) is 0 Å². The van der Waals surface area contributed by atoms with Crippen LogP contribution in [0, 0.1) is 0 Å². The van der Waals surface area contributed by atoms with Gasteiger partial charge < -0.3 is 9.84 Å². The van der Waals surface area contributed by atoms with Gasteiger partial charge >= 0.3 is 5.97 Å². The van der Waals surface area contributed by atoms with E-state index >= 15 is 0 Å². The summed E-state index contributed by atoms with van der Waals surface area (Å²) in [5, 5.41) is 12.0. The molecule has 0 fully saturated rings. The second kappa shape index (κ2) is 7.52. The highest BCUT2D eigenvalue weighted by molar-refractivity contribution is 7.12. The van der Waals surface area contributed by atoms with Crippen LogP contribution in [0.15, 0.2) is 63.1 Å². The number of allylic oxidation sites excluding steroid dienone is 1. The Bertz CT molecular complexity index is 1020. The number of hydrogen-bond donors (Lipinski definition) is 1. The SMILES string of the molecule is C/C(O)=C(\C(=O)OC(C)(C)C)C1=NC(=NC(=O)c2cccs2)c2ccccc21. The molecule has 7 heteroatoms. The van der Waals surface area contributed by atoms with Crippen molar-refractivity contribution in [1.82, 2.24) is 0 Å². The second-order valence-corrected chi connectivity index (χ2v) is 8.13. The minimum Gasteiger partial charge on any atom is -0.512 e. The molecule has 0 saturated carbocycles. The number of carbonyl (C=O) groups excluding carboxylic acids is 2. The number of amides is 1. The number of aliphatic hydroxyl groups is 1. The van der Waals surface area contributed by atoms with Gasteiger partial charge in [0.15, 0.2) is 5.84 Å². The number of amidine groups is 1. The fourth-order valence-corrected chi connectivity index (χ4v) is 3.29. The van der Waals surface area contributed by atoms with Gasteiger partial charge in [-0.25, -0.2) is 9.79 Å². The molecule has 0 aliphatic carbocycles. The number of nitrogens with zero attached hydrogens (tertiary/aromatic N) is 2. The molecule has 1 aromatic heterocycles. The lowest BCUT2D eigenvalue weighted by Gasteiger charge is -2.21. The van der Waals surface area contributed by atoms with Gasteiger partial charge in [0, 0.05) is 11.1 Å². The van der Waals surface area contributed by atoms with Crippen molar-refractivity contribution in [3.63, 3.8) is 0 Å². The average molecular weight is 396 g/mol. The minimum absolute atomic E-state index is 0.0452. The van der Waals surface area contributed by atoms with E-state index < -0.39 is 17.5 Å². The Morgan fingerprint density at radius 3 is 2.36 bits per heavy atom. The van der Waals surface area contributed by atoms with Crippen molar-refractivity contribution in [2.24, 2.45) is 9.98 Å². The molecule has 1 aliphatic heterocycles. The highest BCUT2D eigenvalue weighted by Crippen LogP contribution is 2.27. The molecule has 28 heavy (non-hydrogen) atoms. The van der Waals surface area contributed by atoms with E-state index in [-0.39, 0.29) is 22.9 Å². The van der Waals surface area contributed by atoms with Gasteiger partial charge in [0.2, 0.25) is 0 Å². The molecule has 0 spiro atoms. The van der Waals surface area contributed by atoms with E-state index in [0.29, 0.717) is 16.0 Å². The molecule has 0 saturated heterocycles. The Kier molecular flexibility index (Phi) is 5.29. The lowest BCUT2D eigenvalue weighted by Crippen LogP contribution is -2.28. The van der Waals surface area contributed by atoms with E-state index in [0.717, 1.165) is 0 Å². The van der Waals surface area contributed by atoms with Crippen LogP contribution in [0.5, 0.6) is 0 Å². The van der Waals surface area contributed by atoms with Crippen molar-refractivity contribution in [1.29, 1.82) is 0 Å². The molecule has 3 rings (SSSR count). The monoisotopic (exact) mass is 396 g/mol. The molecular formula is C21H20N2O4S. The predicted molar refractivity (Wildman–Crippen MR) is 109 cm³/mol. The fraction of sp³-hybridized carbons (Fsp3) is 0.238. The van der Waals surface area contributed by atoms with Gasteiger partial charge in [0.1, 0.15) is 16.9 Å². The van der Waals surface area contributed by atoms with Crippen LogP contribution in [0.25, 0.3) is 0 Å². The quantitative estimate of drug-likeness (QED) is 0.476. The maximum Gasteiger partial charge on any atom is 0.344 e. The number of hydrogen-bond acceptors (Lipinski definition) is 5. The van der Waals surface area contributed by atoms with Crippen LogP contribution in [0.1, 0.15) is 48.5 Å². The normalized spacial score (nSPS) is 15.7. The second-order valence-electron chi connectivity index (χ2n) is 7.19. The number of thiophene rings is 1. The van der Waals surface area contributed by atoms with Gasteiger partial charge in [-0.05, 0) is 39.1 Å². The number of aliphatic imine (C=N–C) groups is 2. The molecule has 0 bridgehead atoms. The molecule has 0 atom stereocenters. The molecule has 1 N–H and O–H groups in total. The standard InChI is InChI=1S/C21H20N2O4S/c1-12(24)16(20(26)27-21(2,3)4)17-13-8-5-6-9-14(13)18(22-17)23-19(25)15-10-7-11-28-15/h5-11,24H,1-4H3/b16-12+,23-18?. The number of benzene rings is 1. The Hall–Kier alpha value is -3.06. The van der Waals surface area contributed by atoms with Crippen LogP contribution in [-0.4, -0.2) is 34.1 Å². The zero-order chi connectivity index (χ0) is 20.5. The van der Waals surface area contributed by atoms with Crippen molar-refractivity contribution in [3.05, 3.63) is 69.1 Å². The number of fused-ring (bicyclic) bond motifs is 1. The van der Waals surface area contributed by atoms with Gasteiger partial charge in [-0.3, -0.25) is 4.79 Å². The third-order valence-electron chi connectivity index (χ3n) is 3.78. The Balaban J connectivity index is 2.08. The van der Waals surface area contributed by atoms with Crippen LogP contribution >= 0.6 is 11.3 Å². The Morgan fingerprint density at radius 2 is 1.79 bits per heavy atom. The van der Waals surface area contributed by atoms with Crippen LogP contribution in [-0.2, 0) is 9.53 Å². The van der Waals surface area contributed by atoms with Crippen molar-refractivity contribution in [2.45, 2.75) is 33.3 Å². The van der Waals surface area contributed by atoms with Crippen molar-refractivity contribution >= 4 is 34.8 Å². The molecule has 2 heterocycles. The summed E-state index contributed by atoms with van der Waals surface area (Å²) in [6.45, 7) is 6.63. The lowest BCUT2D eigenvalue weighted by molar-refractivity contribution is -0.149. The fourth-order valence-electron chi connectivity index (χ4n) is 2.68. The molecule has 1 aliphatic rings. The van der Waals surface area contributed by atoms with Crippen LogP contribution < -0.4 is 0 Å². The van der Waals surface area contributed by atoms with Crippen molar-refractivity contribution < 1.29 is 19.4 Å². The van der Waals surface area contributed by atoms with Gasteiger partial charge in [-0.2, -0.15) is 4.99 Å². The van der Waals surface area contributed by atoms with Crippen LogP contribution in [0.4, 0.5) is 0 Å². The summed E-state index contributed by atoms with van der Waals surface area (Å²) in [4.78, 5) is 34.1. The molecular weight excluding hydrogens is 376 g/mol. The molecule has 0 radical (unpaired) electrons. The summed E-state index contributed by atoms with van der Waals surface area (Å²) < 4.78 is 5.42. The summed E-state index contributed by atoms with van der Waals surface area (Å²) in [7, 11) is 0. The Labute approximate surface area is 166 Å². The maximum absolute atomic E-state index is 12.7. The molecule has 1 amide bonds. The van der Waals surface area contributed by atoms with Crippen LogP contribution in [0.3, 0.4) is 0 Å². The third-order valence-corrected chi connectivity index (χ3v) is 4.64. The van der Waals surface area contributed by atoms with Gasteiger partial charge in [-0.1, -0.05) is 30.3 Å². The first-order valence-corrected chi connectivity index (χ1v) is 9.54. The molecule has 144 valence electrons. The molecule has 2 aromatic rings. The van der Waals surface area contributed by atoms with Crippen LogP contribution in [0.2, 0.25) is 0 Å². The Morgan fingerprint density at radius 1 is 1.11 bits per heavy atom. The van der Waals surface area contributed by atoms with E-state index in [1.54, 1.807) is 62.5 Å². The summed E-state index contributed by atoms with van der Waals surface area (Å²) in [6.07, 6.45) is 0. The number of carbonyl (C=O) groups is 2. The van der Waals surface area contributed by atoms with E-state index in [4.69, 9.17) is 4.74 Å². The minimum atomic E-state index is -0.734. The van der Waals surface area contributed by atoms with E-state index in [1.807, 2.05) is 0 Å². The lowest BCUT2D eigenvalue weighted by atomic mass is 9.99. The maximum atomic E-state index is 12.7. The summed E-state index contributed by atoms with van der Waals surface area (Å²) in [5.74, 6) is -1.11. The van der Waals surface area contributed by atoms with E-state index in [2.05, 4.69) is 9.98 Å². The van der Waals surface area contributed by atoms with E-state index in [9.17, 15) is 14.7 Å². The van der Waals surface area contributed by atoms with Gasteiger partial charge in [0.25, 0.3) is 5.91 Å². The summed E-state index contributed by atoms with van der Waals surface area (Å²) in [5.41, 5.74) is 0.681. The molecule has 6 nitrogen and oxygen atoms in total. The first kappa shape index (κ1) is 19.7. The predicted octanol–water partition coefficient (Wildman–Crippen LogP) is 4.31. The average Bonchev–Trinajstić information content (AvgIpc) is 3.23. The number of ether oxygens (including phenoxy) is 1. The highest BCUT2D eigenvalue weighted by atomic mass is 32.1. The smallest absolute Gasteiger partial charge is 0.344 e. The zero-order valence-electron chi connectivity index (χ0n) is 16.0. The largest absolute Gasteiger partial charge is 0.512 e. The molecule has 1 aromatic carbocycles. The number of rotatable bonds is 3. The van der Waals surface area contributed by atoms with Gasteiger partial charge in [0.05, 0.1) is 10.6 Å². The summed E-state index contributed by atoms with van der Waals surface area (Å²) >= 11 is 1.29. The topological polar surface area (TPSA) is 88.3 Å². The van der Waals surface area contributed by atoms with Gasteiger partial charge in [-0.15, -0.1) is 11.3 Å². The van der Waals surface area contributed by atoms with Crippen molar-refractivity contribution in [3.8, 4) is 0 Å². The third kappa shape index (κ3) is 4.09. The zero-order valence-corrected chi connectivity index (χ0v) is 16.8. The highest BCUT2D eigenvalue weighted by Gasteiger charge is 2.32. The van der Waals surface area contributed by atoms with E-state index in [1.165, 1.54) is 18.3 Å². The number of esters is 1. The first-order valence-electron chi connectivity index (χ1n) is 8.66. The molecule has 0 unspecified atom stereocenters. The summed E-state index contributed by atoms with van der Waals surface area (Å²) in [6, 6.07) is 10.6.